The summed E-state index contributed by atoms with van der Waals surface area (Å²) < 4.78 is 0. The minimum atomic E-state index is 0.822. The van der Waals surface area contributed by atoms with E-state index in [1.165, 1.54) is 32.1 Å². The highest BCUT2D eigenvalue weighted by molar-refractivity contribution is 7.80. The van der Waals surface area contributed by atoms with Gasteiger partial charge < -0.3 is 0 Å². The number of hydrogen-bond donors (Lipinski definition) is 1. The van der Waals surface area contributed by atoms with Gasteiger partial charge in [-0.2, -0.15) is 12.6 Å². The van der Waals surface area contributed by atoms with Crippen molar-refractivity contribution in [3.8, 4) is 0 Å². The van der Waals surface area contributed by atoms with Crippen molar-refractivity contribution >= 4 is 12.6 Å². The summed E-state index contributed by atoms with van der Waals surface area (Å²) in [4.78, 5) is 0. The highest BCUT2D eigenvalue weighted by Gasteiger charge is 1.95. The van der Waals surface area contributed by atoms with Gasteiger partial charge in [0.05, 0.1) is 0 Å². The van der Waals surface area contributed by atoms with Gasteiger partial charge in [-0.05, 0) is 18.1 Å². The molecule has 0 aromatic carbocycles. The van der Waals surface area contributed by atoms with Crippen LogP contribution in [0.3, 0.4) is 0 Å². The summed E-state index contributed by atoms with van der Waals surface area (Å²) in [6.45, 7) is 4.41. The summed E-state index contributed by atoms with van der Waals surface area (Å²) in [5.41, 5.74) is 0. The van der Waals surface area contributed by atoms with Crippen LogP contribution in [0.15, 0.2) is 0 Å². The van der Waals surface area contributed by atoms with Gasteiger partial charge in [0.2, 0.25) is 0 Å². The molecule has 1 aliphatic rings. The molecule has 1 aliphatic carbocycles. The third-order valence-corrected chi connectivity index (χ3v) is 1.96. The normalized spacial score (nSPS) is 15.6. The molecule has 10 heavy (non-hydrogen) atoms. The van der Waals surface area contributed by atoms with Gasteiger partial charge in [-0.1, -0.05) is 39.5 Å². The molecule has 1 saturated carbocycles. The third kappa shape index (κ3) is 8.35. The largest absolute Gasteiger partial charge is 0.179 e. The van der Waals surface area contributed by atoms with Crippen LogP contribution in [0, 0.1) is 5.92 Å². The first-order valence-corrected chi connectivity index (χ1v) is 5.01. The molecule has 0 unspecified atom stereocenters. The van der Waals surface area contributed by atoms with E-state index in [9.17, 15) is 0 Å². The minimum Gasteiger partial charge on any atom is -0.179 e. The molecule has 0 saturated heterocycles. The Morgan fingerprint density at radius 3 is 1.50 bits per heavy atom. The Morgan fingerprint density at radius 1 is 1.10 bits per heavy atom. The zero-order valence-corrected chi connectivity index (χ0v) is 8.16. The van der Waals surface area contributed by atoms with E-state index < -0.39 is 0 Å². The van der Waals surface area contributed by atoms with E-state index in [4.69, 9.17) is 0 Å². The molecule has 1 fully saturated rings. The standard InChI is InChI=1S/C5H12S.C4H8/c1-5(2)3-4-6;1-2-4-3-1/h5-6H,3-4H2,1-2H3;1-4H2. The zero-order chi connectivity index (χ0) is 7.82. The molecule has 0 aliphatic heterocycles. The van der Waals surface area contributed by atoms with E-state index in [1.807, 2.05) is 0 Å². The lowest BCUT2D eigenvalue weighted by Gasteiger charge is -2.05. The Hall–Kier alpha value is 0.350. The van der Waals surface area contributed by atoms with Crippen molar-refractivity contribution in [1.29, 1.82) is 0 Å². The molecule has 0 amide bonds. The molecule has 0 aromatic rings. The van der Waals surface area contributed by atoms with E-state index in [0.29, 0.717) is 0 Å². The van der Waals surface area contributed by atoms with Gasteiger partial charge in [0, 0.05) is 0 Å². The maximum absolute atomic E-state index is 4.06. The zero-order valence-electron chi connectivity index (χ0n) is 7.27. The highest BCUT2D eigenvalue weighted by Crippen LogP contribution is 2.15. The van der Waals surface area contributed by atoms with Gasteiger partial charge >= 0.3 is 0 Å². The Labute approximate surface area is 70.8 Å². The molecule has 0 bridgehead atoms. The fourth-order valence-corrected chi connectivity index (χ4v) is 1.02. The molecule has 1 heteroatoms. The van der Waals surface area contributed by atoms with Crippen LogP contribution in [0.5, 0.6) is 0 Å². The quantitative estimate of drug-likeness (QED) is 0.587. The summed E-state index contributed by atoms with van der Waals surface area (Å²) >= 11 is 4.06. The average Bonchev–Trinajstić information content (AvgIpc) is 1.58. The molecule has 0 N–H and O–H groups in total. The van der Waals surface area contributed by atoms with Gasteiger partial charge in [0.25, 0.3) is 0 Å². The number of hydrogen-bond acceptors (Lipinski definition) is 1. The maximum Gasteiger partial charge on any atom is -0.00955 e. The Kier molecular flexibility index (Phi) is 7.72. The Morgan fingerprint density at radius 2 is 1.50 bits per heavy atom. The van der Waals surface area contributed by atoms with Crippen LogP contribution in [0.2, 0.25) is 0 Å². The fourth-order valence-electron chi connectivity index (χ4n) is 0.508. The first kappa shape index (κ1) is 10.3. The number of thiol groups is 1. The summed E-state index contributed by atoms with van der Waals surface area (Å²) in [6, 6.07) is 0. The van der Waals surface area contributed by atoms with E-state index in [2.05, 4.69) is 26.5 Å². The first-order chi connectivity index (χ1) is 4.77. The molecule has 0 spiro atoms. The second-order valence-corrected chi connectivity index (χ2v) is 3.77. The number of rotatable bonds is 2. The van der Waals surface area contributed by atoms with Crippen LogP contribution in [0.1, 0.15) is 46.0 Å². The molecule has 0 heterocycles. The third-order valence-electron chi connectivity index (χ3n) is 1.71. The van der Waals surface area contributed by atoms with E-state index in [0.717, 1.165) is 11.7 Å². The van der Waals surface area contributed by atoms with Crippen LogP contribution in [0.25, 0.3) is 0 Å². The summed E-state index contributed by atoms with van der Waals surface area (Å²) in [5, 5.41) is 0. The minimum absolute atomic E-state index is 0.822. The van der Waals surface area contributed by atoms with Crippen LogP contribution in [-0.2, 0) is 0 Å². The summed E-state index contributed by atoms with van der Waals surface area (Å²) in [7, 11) is 0. The lowest BCUT2D eigenvalue weighted by Crippen LogP contribution is -1.85. The van der Waals surface area contributed by atoms with E-state index in [-0.39, 0.29) is 0 Å². The fraction of sp³-hybridized carbons (Fsp3) is 1.00. The molecular formula is C9H20S. The van der Waals surface area contributed by atoms with Crippen molar-refractivity contribution in [2.75, 3.05) is 5.75 Å². The van der Waals surface area contributed by atoms with Crippen molar-refractivity contribution in [2.24, 2.45) is 5.92 Å². The van der Waals surface area contributed by atoms with Gasteiger partial charge in [-0.3, -0.25) is 0 Å². The maximum atomic E-state index is 4.06. The molecule has 1 rings (SSSR count). The molecule has 0 atom stereocenters. The van der Waals surface area contributed by atoms with Crippen molar-refractivity contribution in [2.45, 2.75) is 46.0 Å². The molecule has 0 aromatic heterocycles. The molecule has 0 nitrogen and oxygen atoms in total. The second kappa shape index (κ2) is 7.46. The summed E-state index contributed by atoms with van der Waals surface area (Å²) in [5.74, 6) is 1.85. The summed E-state index contributed by atoms with van der Waals surface area (Å²) in [6.07, 6.45) is 7.24. The van der Waals surface area contributed by atoms with Crippen molar-refractivity contribution in [3.63, 3.8) is 0 Å². The smallest absolute Gasteiger partial charge is 0.00955 e. The van der Waals surface area contributed by atoms with Crippen molar-refractivity contribution in [3.05, 3.63) is 0 Å². The average molecular weight is 160 g/mol. The van der Waals surface area contributed by atoms with Gasteiger partial charge in [0.1, 0.15) is 0 Å². The van der Waals surface area contributed by atoms with Gasteiger partial charge in [0.15, 0.2) is 0 Å². The molecule has 0 radical (unpaired) electrons. The first-order valence-electron chi connectivity index (χ1n) is 4.38. The predicted octanol–water partition coefficient (Wildman–Crippen LogP) is 3.52. The lowest BCUT2D eigenvalue weighted by molar-refractivity contribution is 0.504. The highest BCUT2D eigenvalue weighted by atomic mass is 32.1. The topological polar surface area (TPSA) is 0 Å². The van der Waals surface area contributed by atoms with Crippen molar-refractivity contribution in [1.82, 2.24) is 0 Å². The Bertz CT molecular complexity index is 51.7. The van der Waals surface area contributed by atoms with Crippen LogP contribution >= 0.6 is 12.6 Å². The molecular weight excluding hydrogens is 140 g/mol. The van der Waals surface area contributed by atoms with Crippen LogP contribution in [-0.4, -0.2) is 5.75 Å². The SMILES string of the molecule is C1CCC1.CC(C)CCS. The second-order valence-electron chi connectivity index (χ2n) is 3.32. The monoisotopic (exact) mass is 160 g/mol. The predicted molar refractivity (Wildman–Crippen MR) is 51.8 cm³/mol. The van der Waals surface area contributed by atoms with E-state index >= 15 is 0 Å². The van der Waals surface area contributed by atoms with Crippen molar-refractivity contribution < 1.29 is 0 Å². The Balaban J connectivity index is 0.000000172. The van der Waals surface area contributed by atoms with Crippen LogP contribution in [0.4, 0.5) is 0 Å². The van der Waals surface area contributed by atoms with Gasteiger partial charge in [-0.25, -0.2) is 0 Å². The van der Waals surface area contributed by atoms with E-state index in [1.54, 1.807) is 0 Å². The molecule has 62 valence electrons. The lowest BCUT2D eigenvalue weighted by atomic mass is 10.0. The van der Waals surface area contributed by atoms with Gasteiger partial charge in [-0.15, -0.1) is 0 Å². The van der Waals surface area contributed by atoms with Crippen LogP contribution < -0.4 is 0 Å².